The van der Waals surface area contributed by atoms with Crippen LogP contribution in [0.4, 0.5) is 15.6 Å². The Morgan fingerprint density at radius 3 is 2.58 bits per heavy atom. The number of carbonyl (C=O) groups excluding carboxylic acids is 4. The zero-order valence-electron chi connectivity index (χ0n) is 16.5. The van der Waals surface area contributed by atoms with Gasteiger partial charge in [0.2, 0.25) is 11.8 Å². The van der Waals surface area contributed by atoms with Crippen LogP contribution in [0.3, 0.4) is 0 Å². The van der Waals surface area contributed by atoms with E-state index in [4.69, 9.17) is 4.42 Å². The van der Waals surface area contributed by atoms with Gasteiger partial charge in [-0.1, -0.05) is 35.4 Å². The monoisotopic (exact) mass is 427 g/mol. The fraction of sp³-hybridized carbons (Fsp3) is 0.368. The van der Waals surface area contributed by atoms with Gasteiger partial charge in [0.25, 0.3) is 5.91 Å². The predicted octanol–water partition coefficient (Wildman–Crippen LogP) is 0.305. The van der Waals surface area contributed by atoms with Crippen LogP contribution in [0.15, 0.2) is 34.7 Å². The summed E-state index contributed by atoms with van der Waals surface area (Å²) < 4.78 is 5.51. The highest BCUT2D eigenvalue weighted by Gasteiger charge is 2.35. The molecular weight excluding hydrogens is 406 g/mol. The molecule has 2 aromatic rings. The van der Waals surface area contributed by atoms with Gasteiger partial charge in [0.1, 0.15) is 6.04 Å². The second-order valence-electron chi connectivity index (χ2n) is 7.21. The molecule has 2 aliphatic rings. The van der Waals surface area contributed by atoms with Crippen LogP contribution in [0.25, 0.3) is 0 Å². The molecule has 162 valence electrons. The Morgan fingerprint density at radius 2 is 1.77 bits per heavy atom. The molecule has 2 atom stereocenters. The maximum Gasteiger partial charge on any atom is 0.330 e. The van der Waals surface area contributed by atoms with E-state index in [1.165, 1.54) is 4.90 Å². The van der Waals surface area contributed by atoms with E-state index >= 15 is 0 Å². The number of hydrogen-bond donors (Lipinski definition) is 4. The molecule has 2 aliphatic heterocycles. The third-order valence-electron chi connectivity index (χ3n) is 5.08. The summed E-state index contributed by atoms with van der Waals surface area (Å²) >= 11 is 0. The van der Waals surface area contributed by atoms with Gasteiger partial charge in [-0.05, 0) is 24.8 Å². The predicted molar refractivity (Wildman–Crippen MR) is 106 cm³/mol. The first-order valence-corrected chi connectivity index (χ1v) is 9.82. The number of carbonyl (C=O) groups is 4. The lowest BCUT2D eigenvalue weighted by molar-refractivity contribution is -0.137. The maximum atomic E-state index is 12.8. The minimum absolute atomic E-state index is 0.0719. The Balaban J connectivity index is 1.60. The molecular formula is C19H21N7O5. The van der Waals surface area contributed by atoms with Crippen molar-refractivity contribution in [2.75, 3.05) is 18.4 Å². The highest BCUT2D eigenvalue weighted by atomic mass is 16.4. The number of nitrogens with one attached hydrogen (secondary N) is 4. The fourth-order valence-corrected chi connectivity index (χ4v) is 3.63. The van der Waals surface area contributed by atoms with Gasteiger partial charge in [0.05, 0.1) is 12.6 Å². The van der Waals surface area contributed by atoms with Gasteiger partial charge >= 0.3 is 18.1 Å². The normalized spacial score (nSPS) is 22.6. The average molecular weight is 427 g/mol. The van der Waals surface area contributed by atoms with Crippen LogP contribution in [0.5, 0.6) is 0 Å². The van der Waals surface area contributed by atoms with Crippen molar-refractivity contribution >= 4 is 29.9 Å². The SMILES string of the molecule is O=C1NC(=O)Nc2nnc(o2)C(Cc2ccccc2)NCC(=O)N2CCC[C@H]2C(=O)N1. The Kier molecular flexibility index (Phi) is 5.89. The van der Waals surface area contributed by atoms with E-state index < -0.39 is 30.1 Å². The van der Waals surface area contributed by atoms with Gasteiger partial charge in [-0.25, -0.2) is 9.59 Å². The van der Waals surface area contributed by atoms with Crippen molar-refractivity contribution in [1.29, 1.82) is 0 Å². The smallest absolute Gasteiger partial charge is 0.330 e. The molecule has 0 saturated carbocycles. The molecule has 6 amide bonds. The number of aromatic nitrogens is 2. The van der Waals surface area contributed by atoms with Crippen molar-refractivity contribution < 1.29 is 23.6 Å². The van der Waals surface area contributed by atoms with Crippen LogP contribution in [-0.2, 0) is 16.0 Å². The number of benzene rings is 1. The zero-order chi connectivity index (χ0) is 21.8. The molecule has 31 heavy (non-hydrogen) atoms. The lowest BCUT2D eigenvalue weighted by Crippen LogP contribution is -2.52. The van der Waals surface area contributed by atoms with E-state index in [-0.39, 0.29) is 24.4 Å². The van der Waals surface area contributed by atoms with Gasteiger partial charge in [0, 0.05) is 6.54 Å². The lowest BCUT2D eigenvalue weighted by Gasteiger charge is -2.24. The summed E-state index contributed by atoms with van der Waals surface area (Å²) in [7, 11) is 0. The number of urea groups is 2. The van der Waals surface area contributed by atoms with Crippen LogP contribution in [0.1, 0.15) is 30.3 Å². The van der Waals surface area contributed by atoms with Crippen LogP contribution < -0.4 is 21.3 Å². The Morgan fingerprint density at radius 1 is 1.00 bits per heavy atom. The van der Waals surface area contributed by atoms with E-state index in [1.54, 1.807) is 0 Å². The van der Waals surface area contributed by atoms with Crippen molar-refractivity contribution in [2.45, 2.75) is 31.3 Å². The Hall–Kier alpha value is -3.80. The number of hydrogen-bond acceptors (Lipinski definition) is 8. The van der Waals surface area contributed by atoms with Crippen LogP contribution >= 0.6 is 0 Å². The van der Waals surface area contributed by atoms with Crippen LogP contribution in [-0.4, -0.2) is 58.1 Å². The third kappa shape index (κ3) is 4.86. The minimum Gasteiger partial charge on any atom is -0.406 e. The number of rotatable bonds is 2. The van der Waals surface area contributed by atoms with Crippen LogP contribution in [0.2, 0.25) is 0 Å². The summed E-state index contributed by atoms with van der Waals surface area (Å²) in [6, 6.07) is 6.04. The first-order valence-electron chi connectivity index (χ1n) is 9.82. The maximum absolute atomic E-state index is 12.8. The van der Waals surface area contributed by atoms with E-state index in [9.17, 15) is 19.2 Å². The Labute approximate surface area is 176 Å². The average Bonchev–Trinajstić information content (AvgIpc) is 3.40. The van der Waals surface area contributed by atoms with Gasteiger partial charge in [-0.15, -0.1) is 5.10 Å². The molecule has 1 fully saturated rings. The molecule has 1 saturated heterocycles. The highest BCUT2D eigenvalue weighted by molar-refractivity contribution is 6.06. The van der Waals surface area contributed by atoms with Gasteiger partial charge in [0.15, 0.2) is 0 Å². The number of anilines is 1. The van der Waals surface area contributed by atoms with Crippen molar-refractivity contribution in [1.82, 2.24) is 31.0 Å². The number of nitrogens with zero attached hydrogens (tertiary/aromatic N) is 3. The summed E-state index contributed by atoms with van der Waals surface area (Å²) in [6.45, 7) is 0.326. The largest absolute Gasteiger partial charge is 0.406 e. The standard InChI is InChI=1S/C19H21N7O5/c27-14-10-20-12(9-11-5-2-1-3-6-11)16-24-25-19(31-16)23-18(30)22-17(29)21-15(28)13-7-4-8-26(13)14/h1-3,5-6,12-13,20H,4,7-10H2,(H3,21,22,23,25,28,29,30)/t12?,13-/m0/s1. The van der Waals surface area contributed by atoms with E-state index in [1.807, 2.05) is 35.6 Å². The van der Waals surface area contributed by atoms with E-state index in [2.05, 4.69) is 26.1 Å². The number of amides is 6. The first-order chi connectivity index (χ1) is 15.0. The van der Waals surface area contributed by atoms with Gasteiger partial charge in [-0.2, -0.15) is 0 Å². The summed E-state index contributed by atoms with van der Waals surface area (Å²) in [5.41, 5.74) is 0.972. The third-order valence-corrected chi connectivity index (χ3v) is 5.08. The number of fused-ring (bicyclic) bond motifs is 3. The van der Waals surface area contributed by atoms with Crippen molar-refractivity contribution in [3.05, 3.63) is 41.8 Å². The minimum atomic E-state index is -1.02. The molecule has 1 aromatic carbocycles. The fourth-order valence-electron chi connectivity index (χ4n) is 3.63. The molecule has 12 heteroatoms. The molecule has 2 bridgehead atoms. The topological polar surface area (TPSA) is 159 Å². The summed E-state index contributed by atoms with van der Waals surface area (Å²) in [6.07, 6.45) is 1.51. The van der Waals surface area contributed by atoms with Crippen LogP contribution in [0, 0.1) is 0 Å². The molecule has 1 aromatic heterocycles. The van der Waals surface area contributed by atoms with Gasteiger partial charge in [-0.3, -0.25) is 30.9 Å². The molecule has 0 aliphatic carbocycles. The second kappa shape index (κ2) is 8.92. The molecule has 12 nitrogen and oxygen atoms in total. The molecule has 4 rings (SSSR count). The summed E-state index contributed by atoms with van der Waals surface area (Å²) in [5, 5.41) is 17.1. The molecule has 0 radical (unpaired) electrons. The van der Waals surface area contributed by atoms with Crippen molar-refractivity contribution in [3.63, 3.8) is 0 Å². The summed E-state index contributed by atoms with van der Waals surface area (Å²) in [5.74, 6) is -0.772. The molecule has 4 N–H and O–H groups in total. The lowest BCUT2D eigenvalue weighted by atomic mass is 10.1. The quantitative estimate of drug-likeness (QED) is 0.533. The van der Waals surface area contributed by atoms with Crippen molar-refractivity contribution in [2.24, 2.45) is 0 Å². The Bertz CT molecular complexity index is 993. The van der Waals surface area contributed by atoms with E-state index in [0.29, 0.717) is 25.8 Å². The zero-order valence-corrected chi connectivity index (χ0v) is 16.5. The summed E-state index contributed by atoms with van der Waals surface area (Å²) in [4.78, 5) is 50.6. The highest BCUT2D eigenvalue weighted by Crippen LogP contribution is 2.21. The van der Waals surface area contributed by atoms with Gasteiger partial charge < -0.3 is 9.32 Å². The van der Waals surface area contributed by atoms with Crippen molar-refractivity contribution in [3.8, 4) is 0 Å². The molecule has 0 spiro atoms. The second-order valence-corrected chi connectivity index (χ2v) is 7.21. The number of imide groups is 2. The first kappa shape index (κ1) is 20.5. The molecule has 1 unspecified atom stereocenters. The molecule has 3 heterocycles. The van der Waals surface area contributed by atoms with E-state index in [0.717, 1.165) is 5.56 Å².